The van der Waals surface area contributed by atoms with Gasteiger partial charge >= 0.3 is 0 Å². The molecule has 1 saturated carbocycles. The summed E-state index contributed by atoms with van der Waals surface area (Å²) in [6.45, 7) is 5.26. The summed E-state index contributed by atoms with van der Waals surface area (Å²) in [5.74, 6) is 0. The zero-order valence-electron chi connectivity index (χ0n) is 11.8. The molecule has 1 aromatic rings. The Kier molecular flexibility index (Phi) is 4.61. The van der Waals surface area contributed by atoms with Gasteiger partial charge < -0.3 is 5.11 Å². The van der Waals surface area contributed by atoms with Crippen molar-refractivity contribution in [1.82, 2.24) is 9.80 Å². The Bertz CT molecular complexity index is 433. The summed E-state index contributed by atoms with van der Waals surface area (Å²) in [5.41, 5.74) is 0.956. The predicted molar refractivity (Wildman–Crippen MR) is 82.1 cm³/mol. The number of hydrogen-bond donors (Lipinski definition) is 1. The lowest BCUT2D eigenvalue weighted by Gasteiger charge is -2.24. The van der Waals surface area contributed by atoms with Crippen LogP contribution in [0.1, 0.15) is 30.9 Å². The average molecular weight is 295 g/mol. The number of benzene rings is 1. The summed E-state index contributed by atoms with van der Waals surface area (Å²) in [6.07, 6.45) is 3.56. The molecule has 0 radical (unpaired) electrons. The van der Waals surface area contributed by atoms with E-state index in [-0.39, 0.29) is 0 Å². The van der Waals surface area contributed by atoms with Gasteiger partial charge in [0.05, 0.1) is 6.10 Å². The van der Waals surface area contributed by atoms with Gasteiger partial charge in [-0.3, -0.25) is 9.80 Å². The SMILES string of the molecule is OC(CN1CCCN(C2CC2)CC1)c1ccc(Cl)cc1. The third-order valence-corrected chi connectivity index (χ3v) is 4.62. The topological polar surface area (TPSA) is 26.7 Å². The number of β-amino-alcohol motifs (C(OH)–C–C–N with tert-alkyl or cyclic N) is 1. The van der Waals surface area contributed by atoms with Crippen LogP contribution in [0.2, 0.25) is 5.02 Å². The minimum absolute atomic E-state index is 0.417. The van der Waals surface area contributed by atoms with Gasteiger partial charge in [-0.2, -0.15) is 0 Å². The van der Waals surface area contributed by atoms with E-state index in [9.17, 15) is 5.11 Å². The highest BCUT2D eigenvalue weighted by atomic mass is 35.5. The molecule has 3 rings (SSSR count). The van der Waals surface area contributed by atoms with Crippen molar-refractivity contribution in [3.8, 4) is 0 Å². The lowest BCUT2D eigenvalue weighted by atomic mass is 10.1. The summed E-state index contributed by atoms with van der Waals surface area (Å²) in [6, 6.07) is 8.38. The normalized spacial score (nSPS) is 23.5. The van der Waals surface area contributed by atoms with Gasteiger partial charge in [-0.1, -0.05) is 23.7 Å². The van der Waals surface area contributed by atoms with Crippen LogP contribution in [0, 0.1) is 0 Å². The molecule has 3 nitrogen and oxygen atoms in total. The van der Waals surface area contributed by atoms with Crippen molar-refractivity contribution in [2.75, 3.05) is 32.7 Å². The predicted octanol–water partition coefficient (Wildman–Crippen LogP) is 2.54. The number of aliphatic hydroxyl groups excluding tert-OH is 1. The molecule has 110 valence electrons. The van der Waals surface area contributed by atoms with Crippen LogP contribution >= 0.6 is 11.6 Å². The standard InChI is InChI=1S/C16H23ClN2O/c17-14-4-2-13(3-5-14)16(20)12-18-8-1-9-19(11-10-18)15-6-7-15/h2-5,15-16,20H,1,6-12H2. The molecule has 1 saturated heterocycles. The Morgan fingerprint density at radius 3 is 2.55 bits per heavy atom. The average Bonchev–Trinajstić information content (AvgIpc) is 3.26. The molecular weight excluding hydrogens is 272 g/mol. The molecular formula is C16H23ClN2O. The summed E-state index contributed by atoms with van der Waals surface area (Å²) in [4.78, 5) is 5.01. The van der Waals surface area contributed by atoms with E-state index in [1.54, 1.807) is 0 Å². The number of aliphatic hydroxyl groups is 1. The van der Waals surface area contributed by atoms with Crippen LogP contribution < -0.4 is 0 Å². The second-order valence-corrected chi connectivity index (χ2v) is 6.43. The van der Waals surface area contributed by atoms with E-state index in [2.05, 4.69) is 9.80 Å². The first-order chi connectivity index (χ1) is 9.72. The second kappa shape index (κ2) is 6.44. The molecule has 0 spiro atoms. The summed E-state index contributed by atoms with van der Waals surface area (Å²) < 4.78 is 0. The molecule has 0 bridgehead atoms. The van der Waals surface area contributed by atoms with Crippen LogP contribution in [0.15, 0.2) is 24.3 Å². The molecule has 1 aromatic carbocycles. The fourth-order valence-corrected chi connectivity index (χ4v) is 3.14. The molecule has 20 heavy (non-hydrogen) atoms. The Labute approximate surface area is 126 Å². The Hall–Kier alpha value is -0.610. The van der Waals surface area contributed by atoms with Crippen LogP contribution in [0.25, 0.3) is 0 Å². The van der Waals surface area contributed by atoms with Crippen molar-refractivity contribution in [1.29, 1.82) is 0 Å². The summed E-state index contributed by atoms with van der Waals surface area (Å²) in [7, 11) is 0. The number of rotatable bonds is 4. The zero-order valence-corrected chi connectivity index (χ0v) is 12.6. The first-order valence-electron chi connectivity index (χ1n) is 7.62. The number of nitrogens with zero attached hydrogens (tertiary/aromatic N) is 2. The highest BCUT2D eigenvalue weighted by Crippen LogP contribution is 2.27. The van der Waals surface area contributed by atoms with E-state index >= 15 is 0 Å². The van der Waals surface area contributed by atoms with Crippen LogP contribution in [0.4, 0.5) is 0 Å². The van der Waals surface area contributed by atoms with Gasteiger partial charge in [0.25, 0.3) is 0 Å². The molecule has 4 heteroatoms. The molecule has 1 heterocycles. The third kappa shape index (κ3) is 3.73. The van der Waals surface area contributed by atoms with Crippen molar-refractivity contribution in [3.05, 3.63) is 34.9 Å². The minimum Gasteiger partial charge on any atom is -0.387 e. The fraction of sp³-hybridized carbons (Fsp3) is 0.625. The maximum Gasteiger partial charge on any atom is 0.0916 e. The minimum atomic E-state index is -0.417. The monoisotopic (exact) mass is 294 g/mol. The molecule has 1 aliphatic carbocycles. The lowest BCUT2D eigenvalue weighted by Crippen LogP contribution is -2.34. The van der Waals surface area contributed by atoms with E-state index in [0.29, 0.717) is 0 Å². The van der Waals surface area contributed by atoms with Crippen LogP contribution in [0.5, 0.6) is 0 Å². The molecule has 0 aromatic heterocycles. The molecule has 1 atom stereocenters. The van der Waals surface area contributed by atoms with Crippen molar-refractivity contribution < 1.29 is 5.11 Å². The van der Waals surface area contributed by atoms with Crippen LogP contribution in [0.3, 0.4) is 0 Å². The van der Waals surface area contributed by atoms with Gasteiger partial charge in [-0.05, 0) is 50.0 Å². The highest BCUT2D eigenvalue weighted by Gasteiger charge is 2.30. The van der Waals surface area contributed by atoms with E-state index in [1.165, 1.54) is 25.8 Å². The Morgan fingerprint density at radius 1 is 1.10 bits per heavy atom. The van der Waals surface area contributed by atoms with Gasteiger partial charge in [0.1, 0.15) is 0 Å². The van der Waals surface area contributed by atoms with Gasteiger partial charge in [-0.25, -0.2) is 0 Å². The first kappa shape index (κ1) is 14.3. The maximum atomic E-state index is 10.3. The van der Waals surface area contributed by atoms with E-state index < -0.39 is 6.10 Å². The zero-order chi connectivity index (χ0) is 13.9. The molecule has 2 aliphatic rings. The molecule has 1 aliphatic heterocycles. The Morgan fingerprint density at radius 2 is 1.85 bits per heavy atom. The number of halogens is 1. The molecule has 2 fully saturated rings. The second-order valence-electron chi connectivity index (χ2n) is 5.99. The van der Waals surface area contributed by atoms with Crippen LogP contribution in [-0.2, 0) is 0 Å². The molecule has 1 N–H and O–H groups in total. The van der Waals surface area contributed by atoms with Crippen molar-refractivity contribution in [2.24, 2.45) is 0 Å². The highest BCUT2D eigenvalue weighted by molar-refractivity contribution is 6.30. The van der Waals surface area contributed by atoms with Crippen molar-refractivity contribution >= 4 is 11.6 Å². The summed E-state index contributed by atoms with van der Waals surface area (Å²) >= 11 is 5.88. The molecule has 1 unspecified atom stereocenters. The van der Waals surface area contributed by atoms with E-state index in [0.717, 1.165) is 42.8 Å². The maximum absolute atomic E-state index is 10.3. The van der Waals surface area contributed by atoms with Gasteiger partial charge in [0.15, 0.2) is 0 Å². The van der Waals surface area contributed by atoms with Crippen molar-refractivity contribution in [2.45, 2.75) is 31.4 Å². The quantitative estimate of drug-likeness (QED) is 0.924. The smallest absolute Gasteiger partial charge is 0.0916 e. The largest absolute Gasteiger partial charge is 0.387 e. The van der Waals surface area contributed by atoms with Gasteiger partial charge in [-0.15, -0.1) is 0 Å². The lowest BCUT2D eigenvalue weighted by molar-refractivity contribution is 0.114. The van der Waals surface area contributed by atoms with Gasteiger partial charge in [0, 0.05) is 30.7 Å². The Balaban J connectivity index is 1.52. The fourth-order valence-electron chi connectivity index (χ4n) is 3.01. The van der Waals surface area contributed by atoms with E-state index in [1.807, 2.05) is 24.3 Å². The summed E-state index contributed by atoms with van der Waals surface area (Å²) in [5, 5.41) is 11.1. The number of hydrogen-bond acceptors (Lipinski definition) is 3. The first-order valence-corrected chi connectivity index (χ1v) is 8.00. The van der Waals surface area contributed by atoms with Crippen LogP contribution in [-0.4, -0.2) is 53.7 Å². The third-order valence-electron chi connectivity index (χ3n) is 4.37. The van der Waals surface area contributed by atoms with E-state index in [4.69, 9.17) is 11.6 Å². The molecule has 0 amide bonds. The van der Waals surface area contributed by atoms with Gasteiger partial charge in [0.2, 0.25) is 0 Å². The van der Waals surface area contributed by atoms with Crippen molar-refractivity contribution in [3.63, 3.8) is 0 Å².